The summed E-state index contributed by atoms with van der Waals surface area (Å²) in [5.41, 5.74) is 5.09. The summed E-state index contributed by atoms with van der Waals surface area (Å²) in [6, 6.07) is 17.5. The summed E-state index contributed by atoms with van der Waals surface area (Å²) in [4.78, 5) is 23.0. The third-order valence-electron chi connectivity index (χ3n) is 7.20. The van der Waals surface area contributed by atoms with Crippen LogP contribution in [-0.4, -0.2) is 59.7 Å². The number of amides is 1. The number of anilines is 2. The van der Waals surface area contributed by atoms with Crippen molar-refractivity contribution in [2.45, 2.75) is 31.9 Å². The highest BCUT2D eigenvalue weighted by molar-refractivity contribution is 5.87. The number of benzene rings is 2. The predicted octanol–water partition coefficient (Wildman–Crippen LogP) is 5.43. The van der Waals surface area contributed by atoms with Crippen LogP contribution in [0.25, 0.3) is 22.6 Å². The molecule has 0 aliphatic carbocycles. The van der Waals surface area contributed by atoms with Crippen molar-refractivity contribution in [1.29, 1.82) is 0 Å². The van der Waals surface area contributed by atoms with Crippen LogP contribution in [0.5, 0.6) is 0 Å². The van der Waals surface area contributed by atoms with E-state index >= 15 is 0 Å². The minimum Gasteiger partial charge on any atom is -0.415 e. The van der Waals surface area contributed by atoms with E-state index in [1.807, 2.05) is 30.3 Å². The van der Waals surface area contributed by atoms with Gasteiger partial charge in [-0.05, 0) is 74.4 Å². The maximum atomic E-state index is 12.8. The highest BCUT2D eigenvalue weighted by atomic mass is 19.3. The Morgan fingerprint density at radius 3 is 2.41 bits per heavy atom. The normalized spacial score (nSPS) is 14.5. The first-order chi connectivity index (χ1) is 18.9. The third-order valence-corrected chi connectivity index (χ3v) is 7.20. The van der Waals surface area contributed by atoms with Crippen molar-refractivity contribution in [3.05, 3.63) is 78.4 Å². The second kappa shape index (κ2) is 11.7. The van der Waals surface area contributed by atoms with Gasteiger partial charge in [-0.1, -0.05) is 24.3 Å². The second-order valence-corrected chi connectivity index (χ2v) is 9.77. The van der Waals surface area contributed by atoms with E-state index in [9.17, 15) is 13.6 Å². The summed E-state index contributed by atoms with van der Waals surface area (Å²) in [5.74, 6) is -0.689. The van der Waals surface area contributed by atoms with Gasteiger partial charge < -0.3 is 19.1 Å². The Morgan fingerprint density at radius 1 is 1.03 bits per heavy atom. The minimum absolute atomic E-state index is 0.0234. The molecule has 0 spiro atoms. The van der Waals surface area contributed by atoms with Crippen molar-refractivity contribution in [1.82, 2.24) is 20.1 Å². The summed E-state index contributed by atoms with van der Waals surface area (Å²) < 4.78 is 30.7. The maximum absolute atomic E-state index is 12.8. The molecule has 1 aliphatic rings. The molecule has 39 heavy (non-hydrogen) atoms. The highest BCUT2D eigenvalue weighted by Gasteiger charge is 2.24. The van der Waals surface area contributed by atoms with Crippen molar-refractivity contribution in [3.63, 3.8) is 0 Å². The summed E-state index contributed by atoms with van der Waals surface area (Å²) in [7, 11) is 4.23. The van der Waals surface area contributed by atoms with Crippen LogP contribution in [-0.2, 0) is 11.3 Å². The van der Waals surface area contributed by atoms with Gasteiger partial charge in [-0.2, -0.15) is 8.78 Å². The van der Waals surface area contributed by atoms with Crippen LogP contribution in [0.15, 0.2) is 71.4 Å². The van der Waals surface area contributed by atoms with E-state index < -0.39 is 12.3 Å². The number of carbonyl (C=O) groups is 1. The summed E-state index contributed by atoms with van der Waals surface area (Å²) in [6.45, 7) is 2.38. The van der Waals surface area contributed by atoms with Gasteiger partial charge in [0.15, 0.2) is 0 Å². The molecule has 1 aliphatic heterocycles. The summed E-state index contributed by atoms with van der Waals surface area (Å²) in [5, 5.41) is 7.09. The van der Waals surface area contributed by atoms with E-state index in [2.05, 4.69) is 51.2 Å². The fraction of sp³-hybridized carbons (Fsp3) is 0.310. The second-order valence-electron chi connectivity index (χ2n) is 9.77. The van der Waals surface area contributed by atoms with Gasteiger partial charge in [-0.25, -0.2) is 0 Å². The number of nitrogens with zero attached hydrogens (tertiary/aromatic N) is 6. The Labute approximate surface area is 225 Å². The van der Waals surface area contributed by atoms with Crippen LogP contribution in [0.1, 0.15) is 30.7 Å². The van der Waals surface area contributed by atoms with Crippen LogP contribution in [0.2, 0.25) is 0 Å². The predicted molar refractivity (Wildman–Crippen MR) is 146 cm³/mol. The lowest BCUT2D eigenvalue weighted by atomic mass is 10.0. The number of alkyl halides is 2. The molecular formula is C29H30F2N6O2. The number of halogens is 2. The molecule has 5 rings (SSSR count). The summed E-state index contributed by atoms with van der Waals surface area (Å²) >= 11 is 0. The van der Waals surface area contributed by atoms with E-state index in [-0.39, 0.29) is 5.89 Å². The van der Waals surface area contributed by atoms with E-state index in [1.54, 1.807) is 29.4 Å². The molecule has 0 radical (unpaired) electrons. The molecular weight excluding hydrogens is 502 g/mol. The molecule has 2 aromatic heterocycles. The Balaban J connectivity index is 1.44. The number of rotatable bonds is 9. The van der Waals surface area contributed by atoms with Gasteiger partial charge in [0.25, 0.3) is 5.89 Å². The summed E-state index contributed by atoms with van der Waals surface area (Å²) in [6.07, 6.45) is 3.65. The van der Waals surface area contributed by atoms with E-state index in [4.69, 9.17) is 4.42 Å². The Kier molecular flexibility index (Phi) is 7.92. The average molecular weight is 533 g/mol. The molecule has 2 aromatic carbocycles. The quantitative estimate of drug-likeness (QED) is 0.266. The number of piperidine rings is 1. The van der Waals surface area contributed by atoms with Crippen LogP contribution in [0.3, 0.4) is 0 Å². The van der Waals surface area contributed by atoms with E-state index in [0.29, 0.717) is 18.2 Å². The lowest BCUT2D eigenvalue weighted by molar-refractivity contribution is -0.107. The topological polar surface area (TPSA) is 78.6 Å². The molecule has 8 nitrogen and oxygen atoms in total. The molecule has 3 heterocycles. The lowest BCUT2D eigenvalue weighted by Gasteiger charge is -2.38. The number of carbonyl (C=O) groups excluding carboxylic acids is 1. The zero-order chi connectivity index (χ0) is 27.4. The van der Waals surface area contributed by atoms with Gasteiger partial charge in [0.2, 0.25) is 12.3 Å². The first kappa shape index (κ1) is 26.4. The number of aromatic nitrogens is 3. The number of hydrogen-bond acceptors (Lipinski definition) is 7. The fourth-order valence-electron chi connectivity index (χ4n) is 4.91. The molecule has 202 valence electrons. The third kappa shape index (κ3) is 5.96. The van der Waals surface area contributed by atoms with Crippen LogP contribution >= 0.6 is 0 Å². The van der Waals surface area contributed by atoms with Gasteiger partial charge in [0.1, 0.15) is 0 Å². The highest BCUT2D eigenvalue weighted by Crippen LogP contribution is 2.36. The number of hydrogen-bond donors (Lipinski definition) is 0. The van der Waals surface area contributed by atoms with Gasteiger partial charge >= 0.3 is 6.43 Å². The van der Waals surface area contributed by atoms with Gasteiger partial charge in [0, 0.05) is 36.6 Å². The van der Waals surface area contributed by atoms with Crippen LogP contribution in [0, 0.1) is 0 Å². The van der Waals surface area contributed by atoms with Crippen molar-refractivity contribution in [3.8, 4) is 22.6 Å². The van der Waals surface area contributed by atoms with Crippen LogP contribution < -0.4 is 9.80 Å². The van der Waals surface area contributed by atoms with Crippen molar-refractivity contribution in [2.24, 2.45) is 0 Å². The van der Waals surface area contributed by atoms with E-state index in [0.717, 1.165) is 60.4 Å². The molecule has 0 N–H and O–H groups in total. The minimum atomic E-state index is -2.82. The molecule has 1 amide bonds. The molecule has 0 bridgehead atoms. The lowest BCUT2D eigenvalue weighted by Crippen LogP contribution is -2.42. The van der Waals surface area contributed by atoms with Gasteiger partial charge in [0.05, 0.1) is 17.9 Å². The molecule has 4 aromatic rings. The Morgan fingerprint density at radius 2 is 1.77 bits per heavy atom. The average Bonchev–Trinajstić information content (AvgIpc) is 3.47. The zero-order valence-electron chi connectivity index (χ0n) is 21.9. The smallest absolute Gasteiger partial charge is 0.314 e. The first-order valence-corrected chi connectivity index (χ1v) is 12.8. The maximum Gasteiger partial charge on any atom is 0.314 e. The SMILES string of the molecule is CN1CCC(N(C)c2ccc(-c3cccnc3)cc2N(C=O)Cc2ccc(-c3nnc(C(F)F)o3)cc2)CC1. The number of pyridine rings is 1. The van der Waals surface area contributed by atoms with Gasteiger partial charge in [-0.15, -0.1) is 10.2 Å². The Hall–Kier alpha value is -4.18. The van der Waals surface area contributed by atoms with Crippen molar-refractivity contribution >= 4 is 17.8 Å². The van der Waals surface area contributed by atoms with Gasteiger partial charge in [-0.3, -0.25) is 9.78 Å². The molecule has 0 saturated carbocycles. The first-order valence-electron chi connectivity index (χ1n) is 12.8. The molecule has 0 atom stereocenters. The van der Waals surface area contributed by atoms with E-state index in [1.165, 1.54) is 0 Å². The molecule has 10 heteroatoms. The zero-order valence-corrected chi connectivity index (χ0v) is 21.9. The van der Waals surface area contributed by atoms with Crippen molar-refractivity contribution < 1.29 is 18.0 Å². The van der Waals surface area contributed by atoms with Crippen LogP contribution in [0.4, 0.5) is 20.2 Å². The molecule has 1 fully saturated rings. The largest absolute Gasteiger partial charge is 0.415 e. The Bertz CT molecular complexity index is 1390. The monoisotopic (exact) mass is 532 g/mol. The molecule has 0 unspecified atom stereocenters. The standard InChI is InChI=1S/C29H30F2N6O2/c1-35-14-11-24(12-15-35)36(2)25-10-9-22(23-4-3-13-32-17-23)16-26(25)37(19-38)18-20-5-7-21(8-6-20)28-33-34-29(39-28)27(30)31/h3-10,13,16-17,19,24,27H,11-12,14-15,18H2,1-2H3. The van der Waals surface area contributed by atoms with Crippen molar-refractivity contribution in [2.75, 3.05) is 37.0 Å². The number of likely N-dealkylation sites (tertiary alicyclic amines) is 1. The molecule has 1 saturated heterocycles. The fourth-order valence-corrected chi connectivity index (χ4v) is 4.91.